The normalized spacial score (nSPS) is 11.6. The molecular weight excluding hydrogens is 512 g/mol. The van der Waals surface area contributed by atoms with Gasteiger partial charge in [0.15, 0.2) is 12.4 Å². The highest BCUT2D eigenvalue weighted by Gasteiger charge is 2.08. The van der Waals surface area contributed by atoms with E-state index in [-0.39, 0.29) is 11.7 Å². The Morgan fingerprint density at radius 3 is 2.13 bits per heavy atom. The van der Waals surface area contributed by atoms with E-state index in [1.54, 1.807) is 6.92 Å². The van der Waals surface area contributed by atoms with Crippen LogP contribution in [0.25, 0.3) is 12.2 Å². The Labute approximate surface area is 235 Å². The number of ether oxygens (including phenoxy) is 1. The Morgan fingerprint density at radius 1 is 0.923 bits per heavy atom. The summed E-state index contributed by atoms with van der Waals surface area (Å²) in [6.07, 6.45) is 15.7. The zero-order chi connectivity index (χ0) is 28.5. The molecule has 0 bridgehead atoms. The van der Waals surface area contributed by atoms with Gasteiger partial charge in [-0.3, -0.25) is 0 Å². The van der Waals surface area contributed by atoms with Crippen molar-refractivity contribution in [3.63, 3.8) is 0 Å². The van der Waals surface area contributed by atoms with Gasteiger partial charge in [0.05, 0.1) is 16.7 Å². The number of esters is 1. The first-order valence-electron chi connectivity index (χ1n) is 14.0. The predicted octanol–water partition coefficient (Wildman–Crippen LogP) is 5.76. The highest BCUT2D eigenvalue weighted by atomic mass is 32.2. The van der Waals surface area contributed by atoms with E-state index < -0.39 is 10.1 Å². The summed E-state index contributed by atoms with van der Waals surface area (Å²) in [5.74, 6) is -0.632. The maximum absolute atomic E-state index is 11.4. The number of hydrogen-bond donors (Lipinski definition) is 0. The van der Waals surface area contributed by atoms with Gasteiger partial charge in [-0.2, -0.15) is 0 Å². The Balaban J connectivity index is 1.86. The molecule has 0 N–H and O–H groups in total. The number of aromatic nitrogens is 1. The molecular formula is C31H44N2O5S. The zero-order valence-electron chi connectivity index (χ0n) is 23.5. The third kappa shape index (κ3) is 14.1. The lowest BCUT2D eigenvalue weighted by molar-refractivity contribution is -0.697. The van der Waals surface area contributed by atoms with Crippen LogP contribution in [0.4, 0.5) is 5.69 Å². The quantitative estimate of drug-likeness (QED) is 0.0719. The molecule has 0 aliphatic heterocycles. The summed E-state index contributed by atoms with van der Waals surface area (Å²) in [4.78, 5) is 13.7. The minimum Gasteiger partial charge on any atom is -0.748 e. The summed E-state index contributed by atoms with van der Waals surface area (Å²) >= 11 is 0. The second kappa shape index (κ2) is 17.6. The van der Waals surface area contributed by atoms with Crippen molar-refractivity contribution in [1.29, 1.82) is 0 Å². The van der Waals surface area contributed by atoms with Crippen LogP contribution in [0.2, 0.25) is 0 Å². The van der Waals surface area contributed by atoms with Crippen LogP contribution in [0, 0.1) is 0 Å². The van der Waals surface area contributed by atoms with Crippen molar-refractivity contribution in [2.75, 3.05) is 30.3 Å². The van der Waals surface area contributed by atoms with Crippen LogP contribution >= 0.6 is 0 Å². The highest BCUT2D eigenvalue weighted by molar-refractivity contribution is 7.85. The molecule has 1 aromatic carbocycles. The van der Waals surface area contributed by atoms with E-state index in [1.165, 1.54) is 19.3 Å². The summed E-state index contributed by atoms with van der Waals surface area (Å²) < 4.78 is 40.0. The van der Waals surface area contributed by atoms with Gasteiger partial charge in [0.2, 0.25) is 0 Å². The van der Waals surface area contributed by atoms with Gasteiger partial charge in [0.25, 0.3) is 0 Å². The number of anilines is 1. The van der Waals surface area contributed by atoms with E-state index in [1.807, 2.05) is 0 Å². The fourth-order valence-electron chi connectivity index (χ4n) is 4.08. The number of unbranched alkanes of at least 4 members (excludes halogenated alkanes) is 5. The van der Waals surface area contributed by atoms with Gasteiger partial charge in [0, 0.05) is 48.7 Å². The fraction of sp³-hybridized carbons (Fsp3) is 0.484. The molecule has 0 saturated heterocycles. The van der Waals surface area contributed by atoms with E-state index in [9.17, 15) is 17.8 Å². The summed E-state index contributed by atoms with van der Waals surface area (Å²) in [5, 5.41) is 0. The van der Waals surface area contributed by atoms with Gasteiger partial charge in [0.1, 0.15) is 6.54 Å². The van der Waals surface area contributed by atoms with Gasteiger partial charge < -0.3 is 14.2 Å². The molecule has 0 aliphatic carbocycles. The smallest absolute Gasteiger partial charge is 0.333 e. The van der Waals surface area contributed by atoms with E-state index in [4.69, 9.17) is 4.74 Å². The number of aryl methyl sites for hydroxylation is 1. The van der Waals surface area contributed by atoms with Crippen molar-refractivity contribution in [1.82, 2.24) is 0 Å². The van der Waals surface area contributed by atoms with Gasteiger partial charge in [-0.05, 0) is 55.9 Å². The standard InChI is InChI=1S/C31H44N2O5S/c1-4-5-6-7-21-33(22-9-11-26-39(35,36)37)30-16-14-28(15-17-30)12-13-29-18-23-32(24-19-29)20-8-10-25-38-31(34)27(2)3/h12-19,23-24H,2,4-11,20-22,25-26H2,1,3H3. The Kier molecular flexibility index (Phi) is 14.5. The molecule has 0 fully saturated rings. The number of rotatable bonds is 19. The van der Waals surface area contributed by atoms with Crippen LogP contribution in [0.5, 0.6) is 0 Å². The molecule has 8 heteroatoms. The zero-order valence-corrected chi connectivity index (χ0v) is 24.3. The monoisotopic (exact) mass is 556 g/mol. The van der Waals surface area contributed by atoms with Crippen LogP contribution < -0.4 is 9.47 Å². The van der Waals surface area contributed by atoms with Crippen molar-refractivity contribution in [3.05, 3.63) is 72.1 Å². The van der Waals surface area contributed by atoms with Crippen LogP contribution in [-0.4, -0.2) is 44.4 Å². The molecule has 2 rings (SSSR count). The number of carbonyl (C=O) groups is 1. The molecule has 0 aliphatic rings. The lowest BCUT2D eigenvalue weighted by atomic mass is 10.1. The third-order valence-corrected chi connectivity index (χ3v) is 7.18. The molecule has 0 spiro atoms. The molecule has 214 valence electrons. The van der Waals surface area contributed by atoms with Gasteiger partial charge in [-0.15, -0.1) is 0 Å². The minimum atomic E-state index is -4.15. The Hall–Kier alpha value is -2.97. The maximum Gasteiger partial charge on any atom is 0.333 e. The molecule has 0 unspecified atom stereocenters. The minimum absolute atomic E-state index is 0.299. The number of nitrogens with zero attached hydrogens (tertiary/aromatic N) is 2. The summed E-state index contributed by atoms with van der Waals surface area (Å²) in [6, 6.07) is 12.6. The van der Waals surface area contributed by atoms with E-state index >= 15 is 0 Å². The summed E-state index contributed by atoms with van der Waals surface area (Å²) in [6.45, 7) is 10.3. The molecule has 2 aromatic rings. The maximum atomic E-state index is 11.4. The van der Waals surface area contributed by atoms with Crippen molar-refractivity contribution in [2.45, 2.75) is 71.8 Å². The molecule has 1 heterocycles. The lowest BCUT2D eigenvalue weighted by Gasteiger charge is -2.25. The molecule has 7 nitrogen and oxygen atoms in total. The number of carbonyl (C=O) groups excluding carboxylic acids is 1. The fourth-order valence-corrected chi connectivity index (χ4v) is 4.64. The number of pyridine rings is 1. The summed E-state index contributed by atoms with van der Waals surface area (Å²) in [5.41, 5.74) is 3.75. The van der Waals surface area contributed by atoms with Crippen molar-refractivity contribution in [2.24, 2.45) is 0 Å². The Bertz CT molecular complexity index is 1140. The first-order valence-corrected chi connectivity index (χ1v) is 15.5. The van der Waals surface area contributed by atoms with Crippen molar-refractivity contribution >= 4 is 33.9 Å². The van der Waals surface area contributed by atoms with Crippen LogP contribution in [0.3, 0.4) is 0 Å². The van der Waals surface area contributed by atoms with Gasteiger partial charge in [-0.1, -0.05) is 57.0 Å². The van der Waals surface area contributed by atoms with Crippen LogP contribution in [-0.2, 0) is 26.2 Å². The molecule has 0 radical (unpaired) electrons. The second-order valence-corrected chi connectivity index (χ2v) is 11.5. The SMILES string of the molecule is C=C(C)C(=O)OCCCC[n+]1ccc(C=Cc2ccc(N(CCCCCC)CCCCS(=O)(=O)[O-])cc2)cc1. The van der Waals surface area contributed by atoms with Crippen LogP contribution in [0.1, 0.15) is 76.3 Å². The van der Waals surface area contributed by atoms with E-state index in [2.05, 4.69) is 83.9 Å². The largest absolute Gasteiger partial charge is 0.748 e. The average Bonchev–Trinajstić information content (AvgIpc) is 2.91. The van der Waals surface area contributed by atoms with Crippen LogP contribution in [0.15, 0.2) is 60.9 Å². The molecule has 1 aromatic heterocycles. The topological polar surface area (TPSA) is 90.6 Å². The second-order valence-electron chi connectivity index (χ2n) is 9.93. The summed E-state index contributed by atoms with van der Waals surface area (Å²) in [7, 11) is -4.15. The highest BCUT2D eigenvalue weighted by Crippen LogP contribution is 2.19. The average molecular weight is 557 g/mol. The lowest BCUT2D eigenvalue weighted by Crippen LogP contribution is -2.32. The van der Waals surface area contributed by atoms with Crippen molar-refractivity contribution < 1.29 is 27.1 Å². The van der Waals surface area contributed by atoms with Gasteiger partial charge >= 0.3 is 5.97 Å². The van der Waals surface area contributed by atoms with E-state index in [0.29, 0.717) is 25.0 Å². The Morgan fingerprint density at radius 2 is 1.54 bits per heavy atom. The molecule has 0 amide bonds. The predicted molar refractivity (Wildman–Crippen MR) is 157 cm³/mol. The third-order valence-electron chi connectivity index (χ3n) is 6.39. The first kappa shape index (κ1) is 32.2. The molecule has 0 atom stereocenters. The van der Waals surface area contributed by atoms with Gasteiger partial charge in [-0.25, -0.2) is 17.8 Å². The first-order chi connectivity index (χ1) is 18.7. The van der Waals surface area contributed by atoms with E-state index in [0.717, 1.165) is 55.7 Å². The molecule has 0 saturated carbocycles. The van der Waals surface area contributed by atoms with Crippen molar-refractivity contribution in [3.8, 4) is 0 Å². The number of hydrogen-bond acceptors (Lipinski definition) is 6. The molecule has 39 heavy (non-hydrogen) atoms. The number of benzene rings is 1.